The second-order valence-corrected chi connectivity index (χ2v) is 7.33. The van der Waals surface area contributed by atoms with Crippen LogP contribution < -0.4 is 5.73 Å². The standard InChI is InChI=1S/C17H17N3O4S/c1-4-24-17(21)13-14(19)12(9-18)16(25(3,22)23)20-15(13)11-7-5-10(2)6-8-11/h5-8H,4H2,1-3H3,(H2,19,20). The van der Waals surface area contributed by atoms with Crippen LogP contribution in [0, 0.1) is 18.3 Å². The summed E-state index contributed by atoms with van der Waals surface area (Å²) in [6, 6.07) is 8.69. The maximum Gasteiger partial charge on any atom is 0.342 e. The number of rotatable bonds is 4. The van der Waals surface area contributed by atoms with Crippen molar-refractivity contribution in [2.75, 3.05) is 18.6 Å². The molecule has 8 heteroatoms. The molecule has 0 saturated heterocycles. The number of nitrogens with two attached hydrogens (primary N) is 1. The van der Waals surface area contributed by atoms with Gasteiger partial charge in [-0.05, 0) is 13.8 Å². The minimum atomic E-state index is -3.83. The van der Waals surface area contributed by atoms with E-state index in [2.05, 4.69) is 4.98 Å². The van der Waals surface area contributed by atoms with E-state index in [0.717, 1.165) is 11.8 Å². The highest BCUT2D eigenvalue weighted by Crippen LogP contribution is 2.32. The van der Waals surface area contributed by atoms with Crippen LogP contribution in [0.1, 0.15) is 28.4 Å². The molecule has 0 spiro atoms. The van der Waals surface area contributed by atoms with Gasteiger partial charge in [0.25, 0.3) is 0 Å². The minimum Gasteiger partial charge on any atom is -0.462 e. The van der Waals surface area contributed by atoms with E-state index in [1.807, 2.05) is 6.92 Å². The van der Waals surface area contributed by atoms with Crippen LogP contribution in [0.4, 0.5) is 5.69 Å². The van der Waals surface area contributed by atoms with E-state index in [-0.39, 0.29) is 29.1 Å². The number of hydrogen-bond acceptors (Lipinski definition) is 7. The zero-order valence-electron chi connectivity index (χ0n) is 14.0. The third-order valence-electron chi connectivity index (χ3n) is 3.47. The fourth-order valence-electron chi connectivity index (χ4n) is 2.29. The molecule has 0 saturated carbocycles. The molecule has 0 radical (unpaired) electrons. The lowest BCUT2D eigenvalue weighted by Crippen LogP contribution is -2.16. The van der Waals surface area contributed by atoms with Gasteiger partial charge in [0.1, 0.15) is 17.2 Å². The van der Waals surface area contributed by atoms with Crippen LogP contribution in [0.3, 0.4) is 0 Å². The van der Waals surface area contributed by atoms with Crippen LogP contribution >= 0.6 is 0 Å². The van der Waals surface area contributed by atoms with Crippen molar-refractivity contribution < 1.29 is 17.9 Å². The molecule has 0 unspecified atom stereocenters. The molecule has 1 heterocycles. The third-order valence-corrected chi connectivity index (χ3v) is 4.47. The molecule has 0 amide bonds. The van der Waals surface area contributed by atoms with E-state index < -0.39 is 20.8 Å². The summed E-state index contributed by atoms with van der Waals surface area (Å²) < 4.78 is 29.0. The average molecular weight is 359 g/mol. The topological polar surface area (TPSA) is 123 Å². The number of ether oxygens (including phenoxy) is 1. The molecule has 0 aliphatic carbocycles. The summed E-state index contributed by atoms with van der Waals surface area (Å²) in [5, 5.41) is 8.85. The lowest BCUT2D eigenvalue weighted by Gasteiger charge is -2.14. The molecule has 1 aromatic carbocycles. The van der Waals surface area contributed by atoms with Gasteiger partial charge in [0.15, 0.2) is 14.9 Å². The predicted molar refractivity (Wildman–Crippen MR) is 92.6 cm³/mol. The number of sulfone groups is 1. The zero-order valence-corrected chi connectivity index (χ0v) is 14.8. The molecule has 2 rings (SSSR count). The Hall–Kier alpha value is -2.92. The van der Waals surface area contributed by atoms with Gasteiger partial charge in [0, 0.05) is 11.8 Å². The Bertz CT molecular complexity index is 974. The minimum absolute atomic E-state index is 0.0652. The van der Waals surface area contributed by atoms with Crippen molar-refractivity contribution in [1.82, 2.24) is 4.98 Å². The van der Waals surface area contributed by atoms with Gasteiger partial charge in [0.2, 0.25) is 0 Å². The van der Waals surface area contributed by atoms with E-state index in [4.69, 9.17) is 10.5 Å². The van der Waals surface area contributed by atoms with Gasteiger partial charge in [-0.2, -0.15) is 5.26 Å². The molecule has 0 aliphatic heterocycles. The number of anilines is 1. The fourth-order valence-corrected chi connectivity index (χ4v) is 3.07. The molecule has 2 aromatic rings. The Morgan fingerprint density at radius 3 is 2.40 bits per heavy atom. The number of benzene rings is 1. The van der Waals surface area contributed by atoms with E-state index in [1.165, 1.54) is 0 Å². The van der Waals surface area contributed by atoms with Crippen LogP contribution in [0.25, 0.3) is 11.3 Å². The Morgan fingerprint density at radius 1 is 1.32 bits per heavy atom. The highest BCUT2D eigenvalue weighted by atomic mass is 32.2. The van der Waals surface area contributed by atoms with Crippen molar-refractivity contribution >= 4 is 21.5 Å². The van der Waals surface area contributed by atoms with Gasteiger partial charge in [-0.25, -0.2) is 18.2 Å². The lowest BCUT2D eigenvalue weighted by atomic mass is 10.0. The second kappa shape index (κ2) is 6.91. The third kappa shape index (κ3) is 3.61. The average Bonchev–Trinajstić information content (AvgIpc) is 2.54. The van der Waals surface area contributed by atoms with Crippen molar-refractivity contribution in [3.8, 4) is 17.3 Å². The van der Waals surface area contributed by atoms with E-state index in [0.29, 0.717) is 5.56 Å². The number of carbonyl (C=O) groups excluding carboxylic acids is 1. The number of nitrogen functional groups attached to an aromatic ring is 1. The van der Waals surface area contributed by atoms with Crippen molar-refractivity contribution in [2.45, 2.75) is 18.9 Å². The van der Waals surface area contributed by atoms with Crippen LogP contribution in [0.5, 0.6) is 0 Å². The summed E-state index contributed by atoms with van der Waals surface area (Å²) in [4.78, 5) is 16.4. The summed E-state index contributed by atoms with van der Waals surface area (Å²) in [7, 11) is -3.83. The van der Waals surface area contributed by atoms with Crippen LogP contribution in [0.15, 0.2) is 29.3 Å². The number of aryl methyl sites for hydroxylation is 1. The first kappa shape index (κ1) is 18.4. The molecule has 0 aliphatic rings. The van der Waals surface area contributed by atoms with Crippen molar-refractivity contribution in [2.24, 2.45) is 0 Å². The molecule has 1 aromatic heterocycles. The molecule has 2 N–H and O–H groups in total. The molecular weight excluding hydrogens is 342 g/mol. The summed E-state index contributed by atoms with van der Waals surface area (Å²) in [6.07, 6.45) is 0.929. The van der Waals surface area contributed by atoms with Gasteiger partial charge < -0.3 is 10.5 Å². The van der Waals surface area contributed by atoms with E-state index in [9.17, 15) is 18.5 Å². The largest absolute Gasteiger partial charge is 0.462 e. The van der Waals surface area contributed by atoms with Crippen molar-refractivity contribution in [3.05, 3.63) is 41.0 Å². The lowest BCUT2D eigenvalue weighted by molar-refractivity contribution is 0.0528. The molecule has 25 heavy (non-hydrogen) atoms. The Balaban J connectivity index is 2.92. The maximum atomic E-state index is 12.4. The number of aromatic nitrogens is 1. The van der Waals surface area contributed by atoms with Crippen LogP contribution in [-0.4, -0.2) is 32.2 Å². The first-order valence-electron chi connectivity index (χ1n) is 7.38. The van der Waals surface area contributed by atoms with Gasteiger partial charge in [-0.1, -0.05) is 29.8 Å². The monoisotopic (exact) mass is 359 g/mol. The van der Waals surface area contributed by atoms with E-state index in [1.54, 1.807) is 37.3 Å². The highest BCUT2D eigenvalue weighted by molar-refractivity contribution is 7.90. The summed E-state index contributed by atoms with van der Waals surface area (Å²) in [6.45, 7) is 3.61. The summed E-state index contributed by atoms with van der Waals surface area (Å²) in [5.74, 6) is -0.764. The second-order valence-electron chi connectivity index (χ2n) is 5.40. The number of esters is 1. The molecule has 0 bridgehead atoms. The predicted octanol–water partition coefficient (Wildman–Crippen LogP) is 2.09. The number of pyridine rings is 1. The highest BCUT2D eigenvalue weighted by Gasteiger charge is 2.28. The molecular formula is C17H17N3O4S. The maximum absolute atomic E-state index is 12.4. The van der Waals surface area contributed by atoms with Crippen LogP contribution in [-0.2, 0) is 14.6 Å². The van der Waals surface area contributed by atoms with Crippen molar-refractivity contribution in [3.63, 3.8) is 0 Å². The Morgan fingerprint density at radius 2 is 1.92 bits per heavy atom. The number of carbonyl (C=O) groups is 1. The van der Waals surface area contributed by atoms with Crippen molar-refractivity contribution in [1.29, 1.82) is 5.26 Å². The first-order chi connectivity index (χ1) is 11.7. The first-order valence-corrected chi connectivity index (χ1v) is 9.27. The quantitative estimate of drug-likeness (QED) is 0.829. The van der Waals surface area contributed by atoms with Gasteiger partial charge in [0.05, 0.1) is 18.0 Å². The molecule has 130 valence electrons. The fraction of sp³-hybridized carbons (Fsp3) is 0.235. The molecule has 0 atom stereocenters. The molecule has 0 fully saturated rings. The summed E-state index contributed by atoms with van der Waals surface area (Å²) in [5.41, 5.74) is 6.77. The normalized spacial score (nSPS) is 11.0. The Kier molecular flexibility index (Phi) is 5.09. The number of nitrogens with zero attached hydrogens (tertiary/aromatic N) is 2. The SMILES string of the molecule is CCOC(=O)c1c(-c2ccc(C)cc2)nc(S(C)(=O)=O)c(C#N)c1N. The zero-order chi connectivity index (χ0) is 18.8. The van der Waals surface area contributed by atoms with Gasteiger partial charge in [-0.3, -0.25) is 0 Å². The number of hydrogen-bond donors (Lipinski definition) is 1. The van der Waals surface area contributed by atoms with Gasteiger partial charge in [-0.15, -0.1) is 0 Å². The van der Waals surface area contributed by atoms with Crippen LogP contribution in [0.2, 0.25) is 0 Å². The Labute approximate surface area is 146 Å². The van der Waals surface area contributed by atoms with Gasteiger partial charge >= 0.3 is 5.97 Å². The number of nitriles is 1. The van der Waals surface area contributed by atoms with E-state index >= 15 is 0 Å². The smallest absolute Gasteiger partial charge is 0.342 e. The molecule has 7 nitrogen and oxygen atoms in total. The summed E-state index contributed by atoms with van der Waals surface area (Å²) >= 11 is 0.